The Morgan fingerprint density at radius 1 is 1.12 bits per heavy atom. The predicted octanol–water partition coefficient (Wildman–Crippen LogP) is 4.45. The first-order chi connectivity index (χ1) is 15.5. The van der Waals surface area contributed by atoms with Crippen LogP contribution in [0.25, 0.3) is 0 Å². The van der Waals surface area contributed by atoms with Crippen molar-refractivity contribution in [2.75, 3.05) is 18.0 Å². The number of nitrogens with one attached hydrogen (secondary N) is 1. The highest BCUT2D eigenvalue weighted by atomic mass is 19.1. The van der Waals surface area contributed by atoms with Gasteiger partial charge < -0.3 is 15.0 Å². The number of halogens is 1. The molecule has 2 aromatic carbocycles. The van der Waals surface area contributed by atoms with Gasteiger partial charge in [-0.3, -0.25) is 14.9 Å². The number of hydrogen-bond acceptors (Lipinski definition) is 6. The smallest absolute Gasteiger partial charge is 0.293 e. The van der Waals surface area contributed by atoms with Crippen molar-refractivity contribution in [2.45, 2.75) is 19.4 Å². The molecule has 3 aromatic rings. The molecule has 0 atom stereocenters. The lowest BCUT2D eigenvalue weighted by atomic mass is 10.1. The molecule has 0 saturated carbocycles. The third-order valence-electron chi connectivity index (χ3n) is 5.17. The van der Waals surface area contributed by atoms with E-state index in [4.69, 9.17) is 4.74 Å². The average molecular weight is 436 g/mol. The zero-order chi connectivity index (χ0) is 22.5. The Hall–Kier alpha value is -4.01. The molecule has 1 N–H and O–H groups in total. The Morgan fingerprint density at radius 2 is 1.88 bits per heavy atom. The standard InChI is InChI=1S/C23H21FN4O4/c24-18-5-7-19(8-6-18)32-22-10-3-16(14-25-22)15-26-23(29)17-4-9-20(21(13-17)28(30)31)27-11-1-2-12-27/h3-10,13-14H,1-2,11-12,15H2,(H,26,29). The molecule has 1 amide bonds. The summed E-state index contributed by atoms with van der Waals surface area (Å²) in [5, 5.41) is 14.3. The van der Waals surface area contributed by atoms with Gasteiger partial charge in [0, 0.05) is 43.5 Å². The van der Waals surface area contributed by atoms with Gasteiger partial charge in [-0.15, -0.1) is 0 Å². The van der Waals surface area contributed by atoms with Gasteiger partial charge >= 0.3 is 0 Å². The molecule has 0 bridgehead atoms. The number of anilines is 1. The second-order valence-electron chi connectivity index (χ2n) is 7.40. The highest BCUT2D eigenvalue weighted by Crippen LogP contribution is 2.31. The molecule has 0 spiro atoms. The molecule has 8 nitrogen and oxygen atoms in total. The summed E-state index contributed by atoms with van der Waals surface area (Å²) in [6.07, 6.45) is 3.56. The van der Waals surface area contributed by atoms with Gasteiger partial charge in [0.1, 0.15) is 17.3 Å². The number of carbonyl (C=O) groups is 1. The molecule has 1 aliphatic heterocycles. The van der Waals surface area contributed by atoms with Crippen LogP contribution in [0.15, 0.2) is 60.8 Å². The normalized spacial score (nSPS) is 13.1. The monoisotopic (exact) mass is 436 g/mol. The second-order valence-corrected chi connectivity index (χ2v) is 7.40. The number of nitrogens with zero attached hydrogens (tertiary/aromatic N) is 3. The Bertz CT molecular complexity index is 1110. The van der Waals surface area contributed by atoms with E-state index < -0.39 is 10.8 Å². The first-order valence-corrected chi connectivity index (χ1v) is 10.2. The van der Waals surface area contributed by atoms with E-state index in [9.17, 15) is 19.3 Å². The van der Waals surface area contributed by atoms with Crippen LogP contribution in [0.2, 0.25) is 0 Å². The van der Waals surface area contributed by atoms with Gasteiger partial charge in [-0.25, -0.2) is 9.37 Å². The molecule has 2 heterocycles. The number of benzene rings is 2. The van der Waals surface area contributed by atoms with E-state index >= 15 is 0 Å². The summed E-state index contributed by atoms with van der Waals surface area (Å²) in [7, 11) is 0. The molecule has 4 rings (SSSR count). The lowest BCUT2D eigenvalue weighted by Crippen LogP contribution is -2.24. The summed E-state index contributed by atoms with van der Waals surface area (Å²) in [5.41, 5.74) is 1.44. The van der Waals surface area contributed by atoms with Crippen LogP contribution in [0.5, 0.6) is 11.6 Å². The van der Waals surface area contributed by atoms with Gasteiger partial charge in [0.05, 0.1) is 4.92 Å². The number of nitro benzene ring substituents is 1. The maximum Gasteiger partial charge on any atom is 0.293 e. The summed E-state index contributed by atoms with van der Waals surface area (Å²) < 4.78 is 18.5. The molecule has 164 valence electrons. The summed E-state index contributed by atoms with van der Waals surface area (Å²) >= 11 is 0. The highest BCUT2D eigenvalue weighted by molar-refractivity contribution is 5.95. The highest BCUT2D eigenvalue weighted by Gasteiger charge is 2.23. The number of aromatic nitrogens is 1. The molecule has 1 fully saturated rings. The van der Waals surface area contributed by atoms with Gasteiger partial charge in [-0.1, -0.05) is 6.07 Å². The fourth-order valence-electron chi connectivity index (χ4n) is 3.52. The number of rotatable bonds is 7. The Morgan fingerprint density at radius 3 is 2.53 bits per heavy atom. The molecule has 32 heavy (non-hydrogen) atoms. The molecule has 1 aromatic heterocycles. The van der Waals surface area contributed by atoms with Crippen LogP contribution in [-0.4, -0.2) is 28.9 Å². The van der Waals surface area contributed by atoms with E-state index in [2.05, 4.69) is 10.3 Å². The van der Waals surface area contributed by atoms with Crippen LogP contribution in [0.3, 0.4) is 0 Å². The van der Waals surface area contributed by atoms with Crippen molar-refractivity contribution < 1.29 is 18.8 Å². The molecule has 0 radical (unpaired) electrons. The van der Waals surface area contributed by atoms with E-state index in [1.54, 1.807) is 30.5 Å². The van der Waals surface area contributed by atoms with Crippen molar-refractivity contribution in [1.29, 1.82) is 0 Å². The number of ether oxygens (including phenoxy) is 1. The Kier molecular flexibility index (Phi) is 6.25. The van der Waals surface area contributed by atoms with Gasteiger partial charge in [-0.2, -0.15) is 0 Å². The van der Waals surface area contributed by atoms with Crippen LogP contribution in [0, 0.1) is 15.9 Å². The molecule has 9 heteroatoms. The summed E-state index contributed by atoms with van der Waals surface area (Å²) in [4.78, 5) is 29.8. The number of hydrogen-bond donors (Lipinski definition) is 1. The third-order valence-corrected chi connectivity index (χ3v) is 5.17. The fraction of sp³-hybridized carbons (Fsp3) is 0.217. The Labute approximate surface area is 183 Å². The van der Waals surface area contributed by atoms with Gasteiger partial charge in [0.2, 0.25) is 5.88 Å². The van der Waals surface area contributed by atoms with Crippen LogP contribution in [0.4, 0.5) is 15.8 Å². The molecule has 0 aliphatic carbocycles. The minimum Gasteiger partial charge on any atom is -0.439 e. The number of carbonyl (C=O) groups excluding carboxylic acids is 1. The van der Waals surface area contributed by atoms with E-state index in [1.807, 2.05) is 4.90 Å². The lowest BCUT2D eigenvalue weighted by Gasteiger charge is -2.17. The van der Waals surface area contributed by atoms with Crippen molar-refractivity contribution >= 4 is 17.3 Å². The number of amides is 1. The fourth-order valence-corrected chi connectivity index (χ4v) is 3.52. The van der Waals surface area contributed by atoms with E-state index in [0.29, 0.717) is 17.3 Å². The number of nitro groups is 1. The van der Waals surface area contributed by atoms with Crippen LogP contribution < -0.4 is 15.0 Å². The average Bonchev–Trinajstić information content (AvgIpc) is 3.34. The molecular formula is C23H21FN4O4. The SMILES string of the molecule is O=C(NCc1ccc(Oc2ccc(F)cc2)nc1)c1ccc(N2CCCC2)c([N+](=O)[O-])c1. The first-order valence-electron chi connectivity index (χ1n) is 10.2. The minimum atomic E-state index is -0.450. The van der Waals surface area contributed by atoms with Crippen LogP contribution >= 0.6 is 0 Å². The van der Waals surface area contributed by atoms with Gasteiger partial charge in [0.15, 0.2) is 0 Å². The van der Waals surface area contributed by atoms with Crippen molar-refractivity contribution in [2.24, 2.45) is 0 Å². The second kappa shape index (κ2) is 9.42. The van der Waals surface area contributed by atoms with Crippen molar-refractivity contribution in [1.82, 2.24) is 10.3 Å². The largest absolute Gasteiger partial charge is 0.439 e. The maximum absolute atomic E-state index is 13.0. The van der Waals surface area contributed by atoms with Crippen molar-refractivity contribution in [3.8, 4) is 11.6 Å². The lowest BCUT2D eigenvalue weighted by molar-refractivity contribution is -0.384. The van der Waals surface area contributed by atoms with Crippen LogP contribution in [0.1, 0.15) is 28.8 Å². The van der Waals surface area contributed by atoms with Gasteiger partial charge in [-0.05, 0) is 54.8 Å². The molecular weight excluding hydrogens is 415 g/mol. The van der Waals surface area contributed by atoms with E-state index in [0.717, 1.165) is 31.5 Å². The zero-order valence-electron chi connectivity index (χ0n) is 17.2. The van der Waals surface area contributed by atoms with Crippen molar-refractivity contribution in [3.05, 3.63) is 87.9 Å². The van der Waals surface area contributed by atoms with Crippen molar-refractivity contribution in [3.63, 3.8) is 0 Å². The van der Waals surface area contributed by atoms with Crippen LogP contribution in [-0.2, 0) is 6.54 Å². The minimum absolute atomic E-state index is 0.0662. The summed E-state index contributed by atoms with van der Waals surface area (Å²) in [6.45, 7) is 1.75. The molecule has 1 aliphatic rings. The first kappa shape index (κ1) is 21.2. The quantitative estimate of drug-likeness (QED) is 0.434. The molecule has 1 saturated heterocycles. The Balaban J connectivity index is 1.38. The maximum atomic E-state index is 13.0. The zero-order valence-corrected chi connectivity index (χ0v) is 17.2. The topological polar surface area (TPSA) is 97.6 Å². The predicted molar refractivity (Wildman–Crippen MR) is 116 cm³/mol. The summed E-state index contributed by atoms with van der Waals surface area (Å²) in [6, 6.07) is 13.5. The third kappa shape index (κ3) is 5.00. The summed E-state index contributed by atoms with van der Waals surface area (Å²) in [5.74, 6) is 0.0267. The van der Waals surface area contributed by atoms with E-state index in [-0.39, 0.29) is 23.6 Å². The molecule has 0 unspecified atom stereocenters. The van der Waals surface area contributed by atoms with Gasteiger partial charge in [0.25, 0.3) is 11.6 Å². The number of pyridine rings is 1. The van der Waals surface area contributed by atoms with E-state index in [1.165, 1.54) is 30.3 Å².